The first-order valence-corrected chi connectivity index (χ1v) is 23.3. The van der Waals surface area contributed by atoms with Crippen molar-refractivity contribution in [2.75, 3.05) is 6.26 Å². The molecule has 0 fully saturated rings. The van der Waals surface area contributed by atoms with Crippen LogP contribution in [-0.4, -0.2) is 52.5 Å². The Morgan fingerprint density at radius 3 is 1.34 bits per heavy atom. The van der Waals surface area contributed by atoms with Gasteiger partial charge in [-0.3, -0.25) is 27.9 Å². The second-order valence-corrected chi connectivity index (χ2v) is 18.7. The molecule has 16 nitrogen and oxygen atoms in total. The summed E-state index contributed by atoms with van der Waals surface area (Å²) in [6.45, 7) is 17.1. The summed E-state index contributed by atoms with van der Waals surface area (Å²) in [6, 6.07) is 20.9. The fourth-order valence-corrected chi connectivity index (χ4v) is 8.94. The van der Waals surface area contributed by atoms with Crippen molar-refractivity contribution in [1.29, 1.82) is 0 Å². The lowest BCUT2D eigenvalue weighted by Crippen LogP contribution is -2.40. The molecule has 0 aliphatic carbocycles. The molecule has 0 spiro atoms. The fraction of sp³-hybridized carbons (Fsp3) is 0.149. The molecule has 0 unspecified atom stereocenters. The highest BCUT2D eigenvalue weighted by atomic mass is 127. The average molecular weight is 1110 g/mol. The van der Waals surface area contributed by atoms with Crippen molar-refractivity contribution >= 4 is 43.8 Å². The van der Waals surface area contributed by atoms with E-state index in [0.717, 1.165) is 63.5 Å². The van der Waals surface area contributed by atoms with Crippen molar-refractivity contribution in [3.05, 3.63) is 200 Å². The van der Waals surface area contributed by atoms with Gasteiger partial charge in [-0.15, -0.1) is 0 Å². The van der Waals surface area contributed by atoms with Gasteiger partial charge in [0.2, 0.25) is 0 Å². The van der Waals surface area contributed by atoms with Crippen LogP contribution in [0.2, 0.25) is 0 Å². The molecule has 71 heavy (non-hydrogen) atoms. The number of benzene rings is 4. The molecule has 0 saturated carbocycles. The van der Waals surface area contributed by atoms with E-state index in [1.54, 1.807) is 24.3 Å². The van der Waals surface area contributed by atoms with Crippen LogP contribution in [0.5, 0.6) is 0 Å². The summed E-state index contributed by atoms with van der Waals surface area (Å²) in [7, 11) is -1.54. The van der Waals surface area contributed by atoms with E-state index < -0.39 is 55.8 Å². The van der Waals surface area contributed by atoms with Crippen molar-refractivity contribution in [3.63, 3.8) is 0 Å². The second-order valence-electron chi connectivity index (χ2n) is 15.5. The highest BCUT2D eigenvalue weighted by Crippen LogP contribution is 2.35. The number of hydrogen-bond donors (Lipinski definition) is 0. The van der Waals surface area contributed by atoms with Crippen LogP contribution < -0.4 is 22.5 Å². The van der Waals surface area contributed by atoms with Gasteiger partial charge in [0.05, 0.1) is 79.8 Å². The van der Waals surface area contributed by atoms with E-state index in [0.29, 0.717) is 36.6 Å². The Morgan fingerprint density at radius 2 is 0.958 bits per heavy atom. The normalized spacial score (nSPS) is 11.7. The van der Waals surface area contributed by atoms with E-state index in [9.17, 15) is 53.9 Å². The first-order valence-electron chi connectivity index (χ1n) is 20.3. The summed E-state index contributed by atoms with van der Waals surface area (Å²) in [5.41, 5.74) is -3.46. The Labute approximate surface area is 411 Å². The number of hydrogen-bond acceptors (Lipinski definition) is 8. The van der Waals surface area contributed by atoms with Gasteiger partial charge in [-0.05, 0) is 97.1 Å². The predicted molar refractivity (Wildman–Crippen MR) is 258 cm³/mol. The quantitative estimate of drug-likeness (QED) is 0.0870. The molecule has 0 aliphatic rings. The van der Waals surface area contributed by atoms with Gasteiger partial charge in [-0.25, -0.2) is 37.1 Å². The third-order valence-corrected chi connectivity index (χ3v) is 12.9. The molecule has 362 valence electrons. The monoisotopic (exact) mass is 1110 g/mol. The highest BCUT2D eigenvalue weighted by molar-refractivity contribution is 14.1. The van der Waals surface area contributed by atoms with Gasteiger partial charge in [0.25, 0.3) is 11.1 Å². The van der Waals surface area contributed by atoms with Gasteiger partial charge in [-0.1, -0.05) is 36.4 Å². The Balaban J connectivity index is 0.000000209. The summed E-state index contributed by atoms with van der Waals surface area (Å²) >= 11 is 2.01. The molecule has 0 radical (unpaired) electrons. The molecule has 8 rings (SSSR count). The Morgan fingerprint density at radius 1 is 0.577 bits per heavy atom. The molecule has 0 N–H and O–H groups in total. The molecule has 0 aliphatic heterocycles. The number of sulfone groups is 1. The number of aromatic nitrogens is 8. The summed E-state index contributed by atoms with van der Waals surface area (Å²) in [6.07, 6.45) is -5.77. The molecular weight excluding hydrogens is 1070 g/mol. The minimum absolute atomic E-state index is 0.0170. The van der Waals surface area contributed by atoms with Crippen molar-refractivity contribution < 1.29 is 34.8 Å². The number of alkyl halides is 6. The lowest BCUT2D eigenvalue weighted by Gasteiger charge is -2.18. The first-order chi connectivity index (χ1) is 33.3. The van der Waals surface area contributed by atoms with Crippen LogP contribution in [-0.2, 0) is 36.3 Å². The lowest BCUT2D eigenvalue weighted by atomic mass is 10.1. The summed E-state index contributed by atoms with van der Waals surface area (Å²) in [4.78, 5) is 59.0. The van der Waals surface area contributed by atoms with Gasteiger partial charge in [0, 0.05) is 31.7 Å². The zero-order valence-corrected chi connectivity index (χ0v) is 40.3. The summed E-state index contributed by atoms with van der Waals surface area (Å²) in [5.74, 6) is 0. The third-order valence-electron chi connectivity index (χ3n) is 11.0. The van der Waals surface area contributed by atoms with Crippen LogP contribution in [0.25, 0.3) is 55.0 Å². The third kappa shape index (κ3) is 9.63. The van der Waals surface area contributed by atoms with E-state index in [-0.39, 0.29) is 44.5 Å². The molecule has 0 amide bonds. The van der Waals surface area contributed by atoms with Crippen LogP contribution in [0.4, 0.5) is 37.7 Å². The smallest absolute Gasteiger partial charge is 0.268 e. The van der Waals surface area contributed by atoms with Crippen LogP contribution in [0.3, 0.4) is 0 Å². The highest BCUT2D eigenvalue weighted by Gasteiger charge is 2.33. The van der Waals surface area contributed by atoms with Crippen molar-refractivity contribution in [3.8, 4) is 45.3 Å². The maximum absolute atomic E-state index is 13.4. The maximum Gasteiger partial charge on any atom is 0.416 e. The lowest BCUT2D eigenvalue weighted by molar-refractivity contribution is -0.138. The van der Waals surface area contributed by atoms with E-state index in [1.165, 1.54) is 78.9 Å². The Kier molecular flexibility index (Phi) is 13.6. The second kappa shape index (κ2) is 19.0. The van der Waals surface area contributed by atoms with Gasteiger partial charge in [-0.2, -0.15) is 36.5 Å². The van der Waals surface area contributed by atoms with E-state index >= 15 is 0 Å². The van der Waals surface area contributed by atoms with Gasteiger partial charge in [0.15, 0.2) is 21.2 Å². The van der Waals surface area contributed by atoms with Crippen molar-refractivity contribution in [2.24, 2.45) is 14.1 Å². The molecular formula is C47H33F6IN10O6S. The van der Waals surface area contributed by atoms with Crippen LogP contribution in [0, 0.1) is 30.6 Å². The van der Waals surface area contributed by atoms with E-state index in [4.69, 9.17) is 13.1 Å². The van der Waals surface area contributed by atoms with Crippen LogP contribution >= 0.6 is 22.6 Å². The van der Waals surface area contributed by atoms with Crippen molar-refractivity contribution in [2.45, 2.75) is 31.1 Å². The molecule has 4 aromatic carbocycles. The topological polar surface area (TPSA) is 166 Å². The molecule has 0 atom stereocenters. The number of nitrogens with zero attached hydrogens (tertiary/aromatic N) is 10. The minimum Gasteiger partial charge on any atom is -0.268 e. The van der Waals surface area contributed by atoms with Crippen LogP contribution in [0.1, 0.15) is 22.5 Å². The SMILES string of the molecule is [C-]#[N+]c1ccc(-n2ncc(I)c2-c2c(C)n(-c3cccc(C(F)(F)F)c3)c(=O)n(C)c2=O)cc1.[C-]#[N+]c1ccc(-n2ncc(S(C)(=O)=O)c2-c2c(C)n(-c3cccc(C(F)(F)F)c3)c(=O)n(C)c2=O)cc1. The zero-order chi connectivity index (χ0) is 52.1. The van der Waals surface area contributed by atoms with Gasteiger partial charge < -0.3 is 0 Å². The Hall–Kier alpha value is -8.10. The molecule has 0 saturated heterocycles. The molecule has 4 aromatic heterocycles. The average Bonchev–Trinajstić information content (AvgIpc) is 3.94. The molecule has 0 bridgehead atoms. The standard InChI is InChI=1S/C24H18F3N5O4S.C23H15F3IN5O2/c1-14-20(21-19(37(4,35)36)13-29-32(21)17-10-8-16(28-2)9-11-17)22(33)30(3)23(34)31(14)18-7-5-6-15(12-18)24(25,26)27;1-13-19(20-18(27)12-29-32(20)16-9-7-15(28-2)8-10-16)21(33)30(3)22(34)31(13)17-6-4-5-14(11-17)23(24,25)26/h5-13H,1,3-4H3;4-12H,1,3H3. The summed E-state index contributed by atoms with van der Waals surface area (Å²) in [5, 5.41) is 8.49. The van der Waals surface area contributed by atoms with E-state index in [1.807, 2.05) is 22.6 Å². The van der Waals surface area contributed by atoms with E-state index in [2.05, 4.69) is 19.9 Å². The van der Waals surface area contributed by atoms with Gasteiger partial charge in [0.1, 0.15) is 10.6 Å². The Bertz CT molecular complexity index is 3890. The molecule has 4 heterocycles. The summed E-state index contributed by atoms with van der Waals surface area (Å²) < 4.78 is 112. The minimum atomic E-state index is -4.68. The fourth-order valence-electron chi connectivity index (χ4n) is 7.54. The molecule has 8 aromatic rings. The maximum atomic E-state index is 13.4. The van der Waals surface area contributed by atoms with Gasteiger partial charge >= 0.3 is 23.7 Å². The van der Waals surface area contributed by atoms with Crippen molar-refractivity contribution in [1.82, 2.24) is 37.8 Å². The first kappa shape index (κ1) is 50.8. The number of rotatable bonds is 7. The molecule has 24 heteroatoms. The number of halogens is 7. The predicted octanol–water partition coefficient (Wildman–Crippen LogP) is 8.54. The van der Waals surface area contributed by atoms with Crippen LogP contribution in [0.15, 0.2) is 134 Å². The largest absolute Gasteiger partial charge is 0.416 e. The zero-order valence-electron chi connectivity index (χ0n) is 37.4.